The summed E-state index contributed by atoms with van der Waals surface area (Å²) in [6.07, 6.45) is 3.83. The second-order valence-corrected chi connectivity index (χ2v) is 6.87. The topological polar surface area (TPSA) is 55.8 Å². The molecule has 5 nitrogen and oxygen atoms in total. The van der Waals surface area contributed by atoms with E-state index in [0.717, 1.165) is 31.4 Å². The van der Waals surface area contributed by atoms with Crippen LogP contribution in [-0.4, -0.2) is 49.8 Å². The van der Waals surface area contributed by atoms with Gasteiger partial charge in [0.1, 0.15) is 0 Å². The van der Waals surface area contributed by atoms with Crippen molar-refractivity contribution in [3.63, 3.8) is 0 Å². The van der Waals surface area contributed by atoms with Gasteiger partial charge in [-0.25, -0.2) is 4.79 Å². The number of hydrogen-bond donors (Lipinski definition) is 2. The molecular weight excluding hydrogens is 314 g/mol. The molecule has 1 aromatic carbocycles. The maximum atomic E-state index is 12.4. The van der Waals surface area contributed by atoms with Crippen LogP contribution in [0.5, 0.6) is 0 Å². The Morgan fingerprint density at radius 3 is 2.43 bits per heavy atom. The second-order valence-electron chi connectivity index (χ2n) is 6.46. The van der Waals surface area contributed by atoms with Gasteiger partial charge < -0.3 is 20.2 Å². The molecule has 0 heterocycles. The van der Waals surface area contributed by atoms with Crippen molar-refractivity contribution in [1.82, 2.24) is 4.90 Å². The van der Waals surface area contributed by atoms with E-state index in [4.69, 9.17) is 11.6 Å². The molecule has 0 saturated heterocycles. The lowest BCUT2D eigenvalue weighted by Gasteiger charge is -2.34. The molecule has 1 aromatic rings. The molecule has 2 N–H and O–H groups in total. The van der Waals surface area contributed by atoms with E-state index in [9.17, 15) is 9.90 Å². The van der Waals surface area contributed by atoms with Crippen LogP contribution in [-0.2, 0) is 0 Å². The average molecular weight is 340 g/mol. The quantitative estimate of drug-likeness (QED) is 0.883. The van der Waals surface area contributed by atoms with Gasteiger partial charge in [0.2, 0.25) is 0 Å². The Labute approximate surface area is 143 Å². The molecule has 128 valence electrons. The van der Waals surface area contributed by atoms with Crippen molar-refractivity contribution in [2.75, 3.05) is 38.0 Å². The van der Waals surface area contributed by atoms with Gasteiger partial charge in [-0.1, -0.05) is 11.6 Å². The summed E-state index contributed by atoms with van der Waals surface area (Å²) in [6.45, 7) is 0.249. The number of aliphatic hydroxyl groups excluding tert-OH is 1. The lowest BCUT2D eigenvalue weighted by molar-refractivity contribution is 0.139. The SMILES string of the molecule is CN(C)c1ccc(NC(=O)N(C)C2CCC(CO)CC2)cc1Cl. The number of carbonyl (C=O) groups excluding carboxylic acids is 1. The highest BCUT2D eigenvalue weighted by molar-refractivity contribution is 6.33. The number of rotatable bonds is 4. The van der Waals surface area contributed by atoms with E-state index < -0.39 is 0 Å². The lowest BCUT2D eigenvalue weighted by atomic mass is 9.86. The molecule has 1 fully saturated rings. The van der Waals surface area contributed by atoms with Crippen molar-refractivity contribution >= 4 is 29.0 Å². The molecule has 0 atom stereocenters. The van der Waals surface area contributed by atoms with Crippen LogP contribution < -0.4 is 10.2 Å². The third kappa shape index (κ3) is 4.52. The fraction of sp³-hybridized carbons (Fsp3) is 0.588. The maximum absolute atomic E-state index is 12.4. The van der Waals surface area contributed by atoms with Gasteiger partial charge in [-0.2, -0.15) is 0 Å². The van der Waals surface area contributed by atoms with Gasteiger partial charge in [-0.3, -0.25) is 0 Å². The number of carbonyl (C=O) groups is 1. The van der Waals surface area contributed by atoms with E-state index in [2.05, 4.69) is 5.32 Å². The summed E-state index contributed by atoms with van der Waals surface area (Å²) in [6, 6.07) is 5.63. The monoisotopic (exact) mass is 339 g/mol. The molecule has 0 unspecified atom stereocenters. The van der Waals surface area contributed by atoms with Crippen LogP contribution in [0, 0.1) is 5.92 Å². The Balaban J connectivity index is 1.95. The molecule has 0 spiro atoms. The number of halogens is 1. The van der Waals surface area contributed by atoms with Crippen LogP contribution in [0.15, 0.2) is 18.2 Å². The zero-order valence-corrected chi connectivity index (χ0v) is 14.8. The summed E-state index contributed by atoms with van der Waals surface area (Å²) in [7, 11) is 5.68. The second kappa shape index (κ2) is 7.88. The molecule has 1 aliphatic carbocycles. The zero-order chi connectivity index (χ0) is 17.0. The van der Waals surface area contributed by atoms with Crippen molar-refractivity contribution in [3.05, 3.63) is 23.2 Å². The molecule has 2 amide bonds. The summed E-state index contributed by atoms with van der Waals surface area (Å²) in [4.78, 5) is 16.1. The van der Waals surface area contributed by atoms with Crippen LogP contribution in [0.2, 0.25) is 5.02 Å². The molecule has 0 bridgehead atoms. The van der Waals surface area contributed by atoms with Crippen LogP contribution in [0.25, 0.3) is 0 Å². The van der Waals surface area contributed by atoms with E-state index in [1.165, 1.54) is 0 Å². The normalized spacial score (nSPS) is 20.9. The molecule has 1 saturated carbocycles. The highest BCUT2D eigenvalue weighted by Gasteiger charge is 2.26. The van der Waals surface area contributed by atoms with E-state index in [1.54, 1.807) is 11.0 Å². The predicted octanol–water partition coefficient (Wildman–Crippen LogP) is 3.42. The fourth-order valence-electron chi connectivity index (χ4n) is 3.04. The summed E-state index contributed by atoms with van der Waals surface area (Å²) in [5.41, 5.74) is 1.61. The fourth-order valence-corrected chi connectivity index (χ4v) is 3.39. The molecule has 0 radical (unpaired) electrons. The number of urea groups is 1. The summed E-state index contributed by atoms with van der Waals surface area (Å²) >= 11 is 6.24. The minimum Gasteiger partial charge on any atom is -0.396 e. The minimum absolute atomic E-state index is 0.119. The number of benzene rings is 1. The van der Waals surface area contributed by atoms with Gasteiger partial charge in [-0.05, 0) is 49.8 Å². The predicted molar refractivity (Wildman–Crippen MR) is 95.4 cm³/mol. The first-order chi connectivity index (χ1) is 10.9. The summed E-state index contributed by atoms with van der Waals surface area (Å²) in [5.74, 6) is 0.389. The molecule has 0 aliphatic heterocycles. The highest BCUT2D eigenvalue weighted by atomic mass is 35.5. The largest absolute Gasteiger partial charge is 0.396 e. The number of nitrogens with zero attached hydrogens (tertiary/aromatic N) is 2. The van der Waals surface area contributed by atoms with Crippen LogP contribution in [0.3, 0.4) is 0 Å². The Morgan fingerprint density at radius 2 is 1.91 bits per heavy atom. The van der Waals surface area contributed by atoms with Gasteiger partial charge >= 0.3 is 6.03 Å². The van der Waals surface area contributed by atoms with Crippen molar-refractivity contribution in [2.24, 2.45) is 5.92 Å². The van der Waals surface area contributed by atoms with Crippen molar-refractivity contribution in [3.8, 4) is 0 Å². The Bertz CT molecular complexity index is 543. The summed E-state index contributed by atoms with van der Waals surface area (Å²) in [5, 5.41) is 12.7. The van der Waals surface area contributed by atoms with Crippen LogP contribution in [0.4, 0.5) is 16.2 Å². The molecular formula is C17H26ClN3O2. The number of hydrogen-bond acceptors (Lipinski definition) is 3. The van der Waals surface area contributed by atoms with Crippen LogP contribution in [0.1, 0.15) is 25.7 Å². The average Bonchev–Trinajstić information content (AvgIpc) is 2.54. The Hall–Kier alpha value is -1.46. The molecule has 1 aliphatic rings. The first-order valence-electron chi connectivity index (χ1n) is 8.04. The number of anilines is 2. The van der Waals surface area contributed by atoms with Crippen LogP contribution >= 0.6 is 11.6 Å². The van der Waals surface area contributed by atoms with E-state index >= 15 is 0 Å². The zero-order valence-electron chi connectivity index (χ0n) is 14.1. The van der Waals surface area contributed by atoms with Crippen molar-refractivity contribution in [1.29, 1.82) is 0 Å². The molecule has 6 heteroatoms. The van der Waals surface area contributed by atoms with E-state index in [-0.39, 0.29) is 18.7 Å². The standard InChI is InChI=1S/C17H26ClN3O2/c1-20(2)16-9-6-13(10-15(16)18)19-17(23)21(3)14-7-4-12(11-22)5-8-14/h6,9-10,12,14,22H,4-5,7-8,11H2,1-3H3,(H,19,23). The first-order valence-corrected chi connectivity index (χ1v) is 8.41. The van der Waals surface area contributed by atoms with Gasteiger partial charge in [0.05, 0.1) is 10.7 Å². The smallest absolute Gasteiger partial charge is 0.321 e. The third-order valence-electron chi connectivity index (χ3n) is 4.62. The number of aliphatic hydroxyl groups is 1. The van der Waals surface area contributed by atoms with Gasteiger partial charge in [0.25, 0.3) is 0 Å². The van der Waals surface area contributed by atoms with Crippen molar-refractivity contribution < 1.29 is 9.90 Å². The highest BCUT2D eigenvalue weighted by Crippen LogP contribution is 2.29. The first kappa shape index (κ1) is 17.9. The van der Waals surface area contributed by atoms with Gasteiger partial charge in [0, 0.05) is 39.5 Å². The molecule has 23 heavy (non-hydrogen) atoms. The van der Waals surface area contributed by atoms with Gasteiger partial charge in [-0.15, -0.1) is 0 Å². The Kier molecular flexibility index (Phi) is 6.13. The van der Waals surface area contributed by atoms with Crippen molar-refractivity contribution in [2.45, 2.75) is 31.7 Å². The number of nitrogens with one attached hydrogen (secondary N) is 1. The summed E-state index contributed by atoms with van der Waals surface area (Å²) < 4.78 is 0. The van der Waals surface area contributed by atoms with Gasteiger partial charge in [0.15, 0.2) is 0 Å². The lowest BCUT2D eigenvalue weighted by Crippen LogP contribution is -2.42. The maximum Gasteiger partial charge on any atom is 0.321 e. The minimum atomic E-state index is -0.119. The van der Waals surface area contributed by atoms with E-state index in [0.29, 0.717) is 16.6 Å². The molecule has 0 aromatic heterocycles. The third-order valence-corrected chi connectivity index (χ3v) is 4.93. The number of amides is 2. The molecule has 2 rings (SSSR count). The Morgan fingerprint density at radius 1 is 1.26 bits per heavy atom. The van der Waals surface area contributed by atoms with E-state index in [1.807, 2.05) is 38.2 Å².